The Bertz CT molecular complexity index is 787. The summed E-state index contributed by atoms with van der Waals surface area (Å²) in [5.74, 6) is -0.896. The first-order valence-corrected chi connectivity index (χ1v) is 8.59. The second-order valence-electron chi connectivity index (χ2n) is 5.81. The van der Waals surface area contributed by atoms with Crippen LogP contribution in [0.1, 0.15) is 43.6 Å². The Morgan fingerprint density at radius 3 is 2.79 bits per heavy atom. The Hall–Kier alpha value is -2.41. The van der Waals surface area contributed by atoms with Gasteiger partial charge in [-0.1, -0.05) is 29.5 Å². The van der Waals surface area contributed by atoms with Crippen molar-refractivity contribution in [1.29, 1.82) is 0 Å². The maximum atomic E-state index is 12.7. The Kier molecular flexibility index (Phi) is 4.53. The third-order valence-electron chi connectivity index (χ3n) is 4.31. The molecule has 126 valence electrons. The highest BCUT2D eigenvalue weighted by Crippen LogP contribution is 2.32. The number of rotatable bonds is 4. The maximum Gasteiger partial charge on any atom is 0.335 e. The predicted molar refractivity (Wildman–Crippen MR) is 93.1 cm³/mol. The molecule has 0 aliphatic carbocycles. The van der Waals surface area contributed by atoms with E-state index in [2.05, 4.69) is 10.3 Å². The summed E-state index contributed by atoms with van der Waals surface area (Å²) in [5.41, 5.74) is 1.85. The summed E-state index contributed by atoms with van der Waals surface area (Å²) in [5, 5.41) is 13.0. The SMILES string of the molecule is CNc1nc(C)c(C(=O)N2CCC(c3ccccc3C(=O)O)C2)s1. The number of nitrogens with zero attached hydrogens (tertiary/aromatic N) is 2. The third-order valence-corrected chi connectivity index (χ3v) is 5.47. The van der Waals surface area contributed by atoms with E-state index in [0.29, 0.717) is 23.5 Å². The molecule has 1 aromatic carbocycles. The summed E-state index contributed by atoms with van der Waals surface area (Å²) in [6, 6.07) is 7.04. The normalized spacial score (nSPS) is 17.1. The Labute approximate surface area is 144 Å². The molecule has 0 spiro atoms. The van der Waals surface area contributed by atoms with Crippen LogP contribution in [-0.4, -0.2) is 47.0 Å². The van der Waals surface area contributed by atoms with Crippen LogP contribution in [0.25, 0.3) is 0 Å². The van der Waals surface area contributed by atoms with E-state index in [-0.39, 0.29) is 11.8 Å². The molecule has 0 saturated carbocycles. The standard InChI is InChI=1S/C17H19N3O3S/c1-10-14(24-17(18-2)19-10)15(21)20-8-7-11(9-20)12-5-3-4-6-13(12)16(22)23/h3-6,11H,7-9H2,1-2H3,(H,18,19)(H,22,23). The molecule has 24 heavy (non-hydrogen) atoms. The fourth-order valence-electron chi connectivity index (χ4n) is 3.09. The zero-order valence-corrected chi connectivity index (χ0v) is 14.4. The number of carboxylic acids is 1. The van der Waals surface area contributed by atoms with Crippen molar-refractivity contribution < 1.29 is 14.7 Å². The number of likely N-dealkylation sites (tertiary alicyclic amines) is 1. The molecule has 1 fully saturated rings. The van der Waals surface area contributed by atoms with Gasteiger partial charge in [0.25, 0.3) is 5.91 Å². The van der Waals surface area contributed by atoms with Gasteiger partial charge < -0.3 is 15.3 Å². The number of aryl methyl sites for hydroxylation is 1. The van der Waals surface area contributed by atoms with Crippen molar-refractivity contribution in [2.75, 3.05) is 25.5 Å². The number of carbonyl (C=O) groups excluding carboxylic acids is 1. The molecule has 1 amide bonds. The van der Waals surface area contributed by atoms with E-state index in [0.717, 1.165) is 22.8 Å². The second kappa shape index (κ2) is 6.60. The number of anilines is 1. The quantitative estimate of drug-likeness (QED) is 0.890. The van der Waals surface area contributed by atoms with Crippen LogP contribution in [0.3, 0.4) is 0 Å². The largest absolute Gasteiger partial charge is 0.478 e. The summed E-state index contributed by atoms with van der Waals surface area (Å²) in [7, 11) is 1.78. The molecule has 6 nitrogen and oxygen atoms in total. The molecule has 1 aliphatic heterocycles. The molecular weight excluding hydrogens is 326 g/mol. The van der Waals surface area contributed by atoms with Crippen LogP contribution in [-0.2, 0) is 0 Å². The number of nitrogens with one attached hydrogen (secondary N) is 1. The minimum Gasteiger partial charge on any atom is -0.478 e. The van der Waals surface area contributed by atoms with Crippen molar-refractivity contribution >= 4 is 28.3 Å². The fourth-order valence-corrected chi connectivity index (χ4v) is 3.98. The average molecular weight is 345 g/mol. The molecule has 1 aromatic heterocycles. The number of benzene rings is 1. The minimum absolute atomic E-state index is 0.0261. The lowest BCUT2D eigenvalue weighted by Crippen LogP contribution is -2.28. The van der Waals surface area contributed by atoms with Crippen molar-refractivity contribution in [2.45, 2.75) is 19.3 Å². The highest BCUT2D eigenvalue weighted by atomic mass is 32.1. The van der Waals surface area contributed by atoms with Crippen LogP contribution in [0.5, 0.6) is 0 Å². The summed E-state index contributed by atoms with van der Waals surface area (Å²) in [6.07, 6.45) is 0.771. The van der Waals surface area contributed by atoms with Crippen molar-refractivity contribution in [2.24, 2.45) is 0 Å². The Morgan fingerprint density at radius 1 is 1.38 bits per heavy atom. The van der Waals surface area contributed by atoms with Gasteiger partial charge in [-0.3, -0.25) is 4.79 Å². The van der Waals surface area contributed by atoms with Crippen LogP contribution < -0.4 is 5.32 Å². The van der Waals surface area contributed by atoms with Gasteiger partial charge in [0.2, 0.25) is 0 Å². The molecular formula is C17H19N3O3S. The summed E-state index contributed by atoms with van der Waals surface area (Å²) < 4.78 is 0. The highest BCUT2D eigenvalue weighted by Gasteiger charge is 2.31. The van der Waals surface area contributed by atoms with E-state index in [4.69, 9.17) is 0 Å². The molecule has 1 atom stereocenters. The van der Waals surface area contributed by atoms with Crippen LogP contribution in [0.4, 0.5) is 5.13 Å². The molecule has 1 aliphatic rings. The monoisotopic (exact) mass is 345 g/mol. The molecule has 3 rings (SSSR count). The van der Waals surface area contributed by atoms with Crippen molar-refractivity contribution in [3.05, 3.63) is 46.0 Å². The van der Waals surface area contributed by atoms with Gasteiger partial charge in [0.1, 0.15) is 4.88 Å². The van der Waals surface area contributed by atoms with E-state index in [1.165, 1.54) is 11.3 Å². The molecule has 0 bridgehead atoms. The smallest absolute Gasteiger partial charge is 0.335 e. The molecule has 2 heterocycles. The number of aromatic carboxylic acids is 1. The highest BCUT2D eigenvalue weighted by molar-refractivity contribution is 7.17. The first kappa shape index (κ1) is 16.4. The van der Waals surface area contributed by atoms with Gasteiger partial charge in [-0.15, -0.1) is 0 Å². The van der Waals surface area contributed by atoms with Gasteiger partial charge in [-0.25, -0.2) is 9.78 Å². The Morgan fingerprint density at radius 2 is 2.12 bits per heavy atom. The first-order valence-electron chi connectivity index (χ1n) is 7.78. The molecule has 1 saturated heterocycles. The molecule has 0 radical (unpaired) electrons. The van der Waals surface area contributed by atoms with Gasteiger partial charge in [-0.2, -0.15) is 0 Å². The number of amides is 1. The first-order chi connectivity index (χ1) is 11.5. The lowest BCUT2D eigenvalue weighted by Gasteiger charge is -2.17. The van der Waals surface area contributed by atoms with E-state index >= 15 is 0 Å². The van der Waals surface area contributed by atoms with Crippen molar-refractivity contribution in [3.63, 3.8) is 0 Å². The number of thiazole rings is 1. The number of carbonyl (C=O) groups is 2. The molecule has 7 heteroatoms. The zero-order valence-electron chi connectivity index (χ0n) is 13.6. The maximum absolute atomic E-state index is 12.7. The van der Waals surface area contributed by atoms with Crippen LogP contribution >= 0.6 is 11.3 Å². The topological polar surface area (TPSA) is 82.5 Å². The van der Waals surface area contributed by atoms with E-state index in [1.807, 2.05) is 19.1 Å². The summed E-state index contributed by atoms with van der Waals surface area (Å²) >= 11 is 1.35. The number of aromatic nitrogens is 1. The zero-order chi connectivity index (χ0) is 17.3. The number of hydrogen-bond acceptors (Lipinski definition) is 5. The van der Waals surface area contributed by atoms with Crippen molar-refractivity contribution in [3.8, 4) is 0 Å². The summed E-state index contributed by atoms with van der Waals surface area (Å²) in [6.45, 7) is 3.00. The summed E-state index contributed by atoms with van der Waals surface area (Å²) in [4.78, 5) is 30.9. The predicted octanol–water partition coefficient (Wildman–Crippen LogP) is 2.82. The van der Waals surface area contributed by atoms with E-state index in [1.54, 1.807) is 24.1 Å². The number of hydrogen-bond donors (Lipinski definition) is 2. The van der Waals surface area contributed by atoms with E-state index < -0.39 is 5.97 Å². The minimum atomic E-state index is -0.924. The van der Waals surface area contributed by atoms with Crippen LogP contribution in [0.2, 0.25) is 0 Å². The van der Waals surface area contributed by atoms with Gasteiger partial charge in [0, 0.05) is 26.1 Å². The van der Waals surface area contributed by atoms with Crippen molar-refractivity contribution in [1.82, 2.24) is 9.88 Å². The van der Waals surface area contributed by atoms with Gasteiger partial charge in [-0.05, 0) is 25.0 Å². The number of carboxylic acid groups (broad SMARTS) is 1. The van der Waals surface area contributed by atoms with Gasteiger partial charge in [0.15, 0.2) is 5.13 Å². The van der Waals surface area contributed by atoms with Gasteiger partial charge in [0.05, 0.1) is 11.3 Å². The lowest BCUT2D eigenvalue weighted by molar-refractivity contribution is 0.0695. The lowest BCUT2D eigenvalue weighted by atomic mass is 9.93. The second-order valence-corrected chi connectivity index (χ2v) is 6.81. The fraction of sp³-hybridized carbons (Fsp3) is 0.353. The van der Waals surface area contributed by atoms with Gasteiger partial charge >= 0.3 is 5.97 Å². The Balaban J connectivity index is 1.79. The van der Waals surface area contributed by atoms with E-state index in [9.17, 15) is 14.7 Å². The van der Waals surface area contributed by atoms with Crippen LogP contribution in [0, 0.1) is 6.92 Å². The third kappa shape index (κ3) is 2.99. The molecule has 1 unspecified atom stereocenters. The van der Waals surface area contributed by atoms with Crippen LogP contribution in [0.15, 0.2) is 24.3 Å². The molecule has 2 aromatic rings. The average Bonchev–Trinajstić information content (AvgIpc) is 3.21. The molecule has 2 N–H and O–H groups in total.